The molecule has 0 unspecified atom stereocenters. The van der Waals surface area contributed by atoms with E-state index in [0.29, 0.717) is 12.5 Å². The Morgan fingerprint density at radius 2 is 1.95 bits per heavy atom. The van der Waals surface area contributed by atoms with Crippen molar-refractivity contribution in [2.45, 2.75) is 6.42 Å². The number of carbonyl (C=O) groups is 1. The maximum atomic E-state index is 12.2. The predicted molar refractivity (Wildman–Crippen MR) is 82.9 cm³/mol. The van der Waals surface area contributed by atoms with Gasteiger partial charge in [0, 0.05) is 20.6 Å². The highest BCUT2D eigenvalue weighted by Crippen LogP contribution is 2.25. The van der Waals surface area contributed by atoms with Crippen LogP contribution >= 0.6 is 0 Å². The van der Waals surface area contributed by atoms with Crippen molar-refractivity contribution in [3.8, 4) is 5.88 Å². The van der Waals surface area contributed by atoms with Crippen molar-refractivity contribution in [1.82, 2.24) is 19.6 Å². The monoisotopic (exact) mass is 290 g/mol. The first-order valence-corrected chi connectivity index (χ1v) is 6.97. The van der Waals surface area contributed by atoms with E-state index in [9.17, 15) is 4.79 Å². The van der Waals surface area contributed by atoms with Gasteiger partial charge in [-0.05, 0) is 32.6 Å². The van der Waals surface area contributed by atoms with E-state index < -0.39 is 0 Å². The van der Waals surface area contributed by atoms with Crippen LogP contribution in [0.2, 0.25) is 0 Å². The first-order valence-electron chi connectivity index (χ1n) is 6.97. The Morgan fingerprint density at radius 1 is 1.24 bits per heavy atom. The van der Waals surface area contributed by atoms with Gasteiger partial charge in [0.25, 0.3) is 0 Å². The van der Waals surface area contributed by atoms with E-state index in [1.54, 1.807) is 14.1 Å². The Morgan fingerprint density at radius 3 is 2.62 bits per heavy atom. The molecule has 0 aliphatic heterocycles. The lowest BCUT2D eigenvalue weighted by Gasteiger charge is -2.10. The summed E-state index contributed by atoms with van der Waals surface area (Å²) in [6.07, 6.45) is 0.913. The molecule has 0 spiro atoms. The number of fused-ring (bicyclic) bond motifs is 1. The lowest BCUT2D eigenvalue weighted by atomic mass is 10.2. The minimum Gasteiger partial charge on any atom is -0.476 e. The minimum absolute atomic E-state index is 0.186. The van der Waals surface area contributed by atoms with Gasteiger partial charge in [-0.1, -0.05) is 12.1 Å². The van der Waals surface area contributed by atoms with Crippen molar-refractivity contribution in [3.05, 3.63) is 24.3 Å². The number of amides is 1. The summed E-state index contributed by atoms with van der Waals surface area (Å²) in [7, 11) is 7.46. The summed E-state index contributed by atoms with van der Waals surface area (Å²) < 4.78 is 7.14. The van der Waals surface area contributed by atoms with Gasteiger partial charge in [0.2, 0.25) is 5.88 Å². The fourth-order valence-corrected chi connectivity index (χ4v) is 2.03. The zero-order chi connectivity index (χ0) is 15.4. The van der Waals surface area contributed by atoms with Gasteiger partial charge in [-0.2, -0.15) is 4.68 Å². The standard InChI is InChI=1S/C15H22N4O2/c1-17(2)10-7-11-21-14-12-8-5-6-9-13(12)19(16-14)15(20)18(3)4/h5-6,8-9H,7,10-11H2,1-4H3. The fraction of sp³-hybridized carbons (Fsp3) is 0.467. The number of para-hydroxylation sites is 1. The van der Waals surface area contributed by atoms with Crippen molar-refractivity contribution in [2.75, 3.05) is 41.3 Å². The molecule has 6 heteroatoms. The van der Waals surface area contributed by atoms with Crippen molar-refractivity contribution < 1.29 is 9.53 Å². The van der Waals surface area contributed by atoms with Crippen LogP contribution < -0.4 is 4.74 Å². The molecule has 1 amide bonds. The molecule has 0 radical (unpaired) electrons. The van der Waals surface area contributed by atoms with Gasteiger partial charge in [-0.25, -0.2) is 4.79 Å². The maximum absolute atomic E-state index is 12.2. The normalized spacial score (nSPS) is 11.1. The first-order chi connectivity index (χ1) is 10.0. The van der Waals surface area contributed by atoms with Crippen molar-refractivity contribution in [2.24, 2.45) is 0 Å². The third-order valence-corrected chi connectivity index (χ3v) is 3.11. The summed E-state index contributed by atoms with van der Waals surface area (Å²) >= 11 is 0. The van der Waals surface area contributed by atoms with Crippen LogP contribution in [0.3, 0.4) is 0 Å². The second-order valence-corrected chi connectivity index (χ2v) is 5.42. The molecule has 0 bridgehead atoms. The highest BCUT2D eigenvalue weighted by atomic mass is 16.5. The van der Waals surface area contributed by atoms with Gasteiger partial charge in [0.15, 0.2) is 0 Å². The predicted octanol–water partition coefficient (Wildman–Crippen LogP) is 1.90. The van der Waals surface area contributed by atoms with E-state index in [1.807, 2.05) is 38.4 Å². The molecule has 1 heterocycles. The lowest BCUT2D eigenvalue weighted by Crippen LogP contribution is -2.28. The number of ether oxygens (including phenoxy) is 1. The van der Waals surface area contributed by atoms with Gasteiger partial charge in [0.05, 0.1) is 17.5 Å². The highest BCUT2D eigenvalue weighted by Gasteiger charge is 2.17. The minimum atomic E-state index is -0.186. The van der Waals surface area contributed by atoms with E-state index in [2.05, 4.69) is 10.00 Å². The number of aromatic nitrogens is 2. The summed E-state index contributed by atoms with van der Waals surface area (Å²) in [5, 5.41) is 5.18. The summed E-state index contributed by atoms with van der Waals surface area (Å²) in [4.78, 5) is 15.8. The SMILES string of the molecule is CN(C)CCCOc1nn(C(=O)N(C)C)c2ccccc12. The highest BCUT2D eigenvalue weighted by molar-refractivity contribution is 5.92. The van der Waals surface area contributed by atoms with Gasteiger partial charge in [-0.3, -0.25) is 0 Å². The number of rotatable bonds is 5. The fourth-order valence-electron chi connectivity index (χ4n) is 2.03. The van der Waals surface area contributed by atoms with Crippen LogP contribution in [-0.2, 0) is 0 Å². The van der Waals surface area contributed by atoms with Crippen LogP contribution in [0.5, 0.6) is 5.88 Å². The Labute approximate surface area is 124 Å². The molecule has 114 valence electrons. The smallest absolute Gasteiger partial charge is 0.344 e. The van der Waals surface area contributed by atoms with Crippen molar-refractivity contribution in [1.29, 1.82) is 0 Å². The summed E-state index contributed by atoms with van der Waals surface area (Å²) in [6.45, 7) is 1.53. The largest absolute Gasteiger partial charge is 0.476 e. The summed E-state index contributed by atoms with van der Waals surface area (Å²) in [5.41, 5.74) is 0.763. The Hall–Kier alpha value is -2.08. The summed E-state index contributed by atoms with van der Waals surface area (Å²) in [6, 6.07) is 7.41. The average molecular weight is 290 g/mol. The van der Waals surface area contributed by atoms with Gasteiger partial charge >= 0.3 is 6.03 Å². The number of nitrogens with zero attached hydrogens (tertiary/aromatic N) is 4. The maximum Gasteiger partial charge on any atom is 0.344 e. The van der Waals surface area contributed by atoms with Crippen LogP contribution in [0, 0.1) is 0 Å². The number of hydrogen-bond acceptors (Lipinski definition) is 4. The zero-order valence-corrected chi connectivity index (χ0v) is 13.0. The topological polar surface area (TPSA) is 50.6 Å². The van der Waals surface area contributed by atoms with Gasteiger partial charge in [0.1, 0.15) is 0 Å². The second-order valence-electron chi connectivity index (χ2n) is 5.42. The van der Waals surface area contributed by atoms with Crippen LogP contribution in [0.4, 0.5) is 4.79 Å². The quantitative estimate of drug-likeness (QED) is 0.789. The molecule has 0 saturated heterocycles. The van der Waals surface area contributed by atoms with E-state index in [4.69, 9.17) is 4.74 Å². The molecule has 1 aromatic heterocycles. The third-order valence-electron chi connectivity index (χ3n) is 3.11. The molecule has 0 saturated carbocycles. The number of carbonyl (C=O) groups excluding carboxylic acids is 1. The van der Waals surface area contributed by atoms with E-state index in [-0.39, 0.29) is 6.03 Å². The molecule has 0 aliphatic carbocycles. The van der Waals surface area contributed by atoms with Crippen molar-refractivity contribution >= 4 is 16.9 Å². The van der Waals surface area contributed by atoms with Gasteiger partial charge in [-0.15, -0.1) is 5.10 Å². The van der Waals surface area contributed by atoms with Gasteiger partial charge < -0.3 is 14.5 Å². The van der Waals surface area contributed by atoms with Crippen LogP contribution in [0.15, 0.2) is 24.3 Å². The lowest BCUT2D eigenvalue weighted by molar-refractivity contribution is 0.215. The van der Waals surface area contributed by atoms with E-state index in [1.165, 1.54) is 9.58 Å². The Kier molecular flexibility index (Phi) is 4.80. The van der Waals surface area contributed by atoms with Crippen molar-refractivity contribution in [3.63, 3.8) is 0 Å². The third kappa shape index (κ3) is 3.52. The summed E-state index contributed by atoms with van der Waals surface area (Å²) in [5.74, 6) is 0.513. The Bertz CT molecular complexity index is 619. The molecule has 0 aliphatic rings. The Balaban J connectivity index is 2.22. The molecule has 0 atom stereocenters. The molecule has 0 fully saturated rings. The number of benzene rings is 1. The second kappa shape index (κ2) is 6.58. The van der Waals surface area contributed by atoms with Crippen LogP contribution in [0.1, 0.15) is 6.42 Å². The number of hydrogen-bond donors (Lipinski definition) is 0. The molecule has 6 nitrogen and oxygen atoms in total. The molecule has 0 N–H and O–H groups in total. The molecular formula is C15H22N4O2. The molecule has 2 aromatic rings. The average Bonchev–Trinajstić information content (AvgIpc) is 2.81. The molecule has 2 rings (SSSR count). The first kappa shape index (κ1) is 15.3. The van der Waals surface area contributed by atoms with Crippen LogP contribution in [0.25, 0.3) is 10.9 Å². The molecule has 21 heavy (non-hydrogen) atoms. The zero-order valence-electron chi connectivity index (χ0n) is 13.0. The molecular weight excluding hydrogens is 268 g/mol. The van der Waals surface area contributed by atoms with E-state index in [0.717, 1.165) is 23.9 Å². The molecule has 1 aromatic carbocycles. The van der Waals surface area contributed by atoms with E-state index >= 15 is 0 Å². The van der Waals surface area contributed by atoms with Crippen LogP contribution in [-0.4, -0.2) is 67.0 Å².